The maximum absolute atomic E-state index is 12.1. The molecule has 1 saturated heterocycles. The summed E-state index contributed by atoms with van der Waals surface area (Å²) >= 11 is 1.36. The highest BCUT2D eigenvalue weighted by Crippen LogP contribution is 2.22. The Hall–Kier alpha value is -1.46. The normalized spacial score (nSPS) is 21.3. The minimum absolute atomic E-state index is 0.0878. The Morgan fingerprint density at radius 3 is 3.05 bits per heavy atom. The van der Waals surface area contributed by atoms with Crippen molar-refractivity contribution in [3.05, 3.63) is 17.0 Å². The predicted molar refractivity (Wildman–Crippen MR) is 86.8 cm³/mol. The van der Waals surface area contributed by atoms with Crippen LogP contribution in [0.15, 0.2) is 11.4 Å². The summed E-state index contributed by atoms with van der Waals surface area (Å²) in [6.07, 6.45) is -0.333. The van der Waals surface area contributed by atoms with Crippen molar-refractivity contribution in [1.82, 2.24) is 9.80 Å². The number of rotatable bonds is 5. The van der Waals surface area contributed by atoms with Crippen LogP contribution in [0.2, 0.25) is 0 Å². The molecular weight excluding hydrogens is 300 g/mol. The zero-order valence-electron chi connectivity index (χ0n) is 13.0. The van der Waals surface area contributed by atoms with E-state index in [2.05, 4.69) is 28.1 Å². The minimum atomic E-state index is -0.333. The van der Waals surface area contributed by atoms with Crippen LogP contribution < -0.4 is 5.32 Å². The van der Waals surface area contributed by atoms with Gasteiger partial charge in [0.05, 0.1) is 18.2 Å². The van der Waals surface area contributed by atoms with E-state index in [-0.39, 0.29) is 12.0 Å². The van der Waals surface area contributed by atoms with Gasteiger partial charge in [-0.2, -0.15) is 5.26 Å². The Morgan fingerprint density at radius 1 is 1.64 bits per heavy atom. The van der Waals surface area contributed by atoms with Gasteiger partial charge in [-0.3, -0.25) is 14.6 Å². The summed E-state index contributed by atoms with van der Waals surface area (Å²) < 4.78 is 0. The Bertz CT molecular complexity index is 552. The Morgan fingerprint density at radius 2 is 2.41 bits per heavy atom. The van der Waals surface area contributed by atoms with Crippen molar-refractivity contribution >= 4 is 22.2 Å². The number of nitrogens with one attached hydrogen (secondary N) is 1. The van der Waals surface area contributed by atoms with Gasteiger partial charge in [0, 0.05) is 32.2 Å². The van der Waals surface area contributed by atoms with Gasteiger partial charge in [-0.05, 0) is 25.3 Å². The number of amides is 1. The average Bonchev–Trinajstić information content (AvgIpc) is 2.88. The quantitative estimate of drug-likeness (QED) is 0.843. The second kappa shape index (κ2) is 7.70. The molecule has 0 unspecified atom stereocenters. The molecule has 7 heteroatoms. The first kappa shape index (κ1) is 16.9. The molecule has 0 spiro atoms. The lowest BCUT2D eigenvalue weighted by atomic mass is 10.1. The summed E-state index contributed by atoms with van der Waals surface area (Å²) in [6, 6.07) is 4.09. The first-order valence-corrected chi connectivity index (χ1v) is 8.29. The Labute approximate surface area is 134 Å². The second-order valence-electron chi connectivity index (χ2n) is 5.75. The van der Waals surface area contributed by atoms with Crippen molar-refractivity contribution in [1.29, 1.82) is 5.26 Å². The molecule has 1 aliphatic rings. The van der Waals surface area contributed by atoms with Crippen LogP contribution in [0.25, 0.3) is 0 Å². The maximum Gasteiger partial charge on any atom is 0.239 e. The molecule has 1 aromatic heterocycles. The Balaban J connectivity index is 1.82. The van der Waals surface area contributed by atoms with Crippen LogP contribution in [0.1, 0.15) is 19.4 Å². The van der Waals surface area contributed by atoms with Crippen LogP contribution >= 0.6 is 11.3 Å². The number of carbonyl (C=O) groups is 1. The van der Waals surface area contributed by atoms with Gasteiger partial charge in [-0.1, -0.05) is 0 Å². The molecule has 0 aliphatic carbocycles. The molecule has 0 radical (unpaired) electrons. The third-order valence-corrected chi connectivity index (χ3v) is 4.58. The lowest BCUT2D eigenvalue weighted by molar-refractivity contribution is -0.118. The van der Waals surface area contributed by atoms with E-state index in [1.165, 1.54) is 11.3 Å². The summed E-state index contributed by atoms with van der Waals surface area (Å²) in [7, 11) is 0. The molecule has 6 nitrogen and oxygen atoms in total. The number of hydrogen-bond acceptors (Lipinski definition) is 6. The monoisotopic (exact) mass is 322 g/mol. The zero-order valence-corrected chi connectivity index (χ0v) is 13.8. The predicted octanol–water partition coefficient (Wildman–Crippen LogP) is 0.945. The maximum atomic E-state index is 12.1. The van der Waals surface area contributed by atoms with Crippen LogP contribution in [-0.4, -0.2) is 65.7 Å². The number of piperazine rings is 1. The lowest BCUT2D eigenvalue weighted by Gasteiger charge is -2.40. The van der Waals surface area contributed by atoms with Gasteiger partial charge in [0.1, 0.15) is 11.1 Å². The Kier molecular flexibility index (Phi) is 5.91. The van der Waals surface area contributed by atoms with Gasteiger partial charge in [-0.15, -0.1) is 11.3 Å². The van der Waals surface area contributed by atoms with Crippen LogP contribution in [0.5, 0.6) is 0 Å². The number of anilines is 1. The van der Waals surface area contributed by atoms with Crippen LogP contribution in [0.4, 0.5) is 5.00 Å². The summed E-state index contributed by atoms with van der Waals surface area (Å²) in [5.74, 6) is -0.0878. The van der Waals surface area contributed by atoms with Crippen molar-refractivity contribution < 1.29 is 9.90 Å². The fraction of sp³-hybridized carbons (Fsp3) is 0.600. The molecule has 1 fully saturated rings. The molecule has 2 N–H and O–H groups in total. The number of β-amino-alcohol motifs (C(OH)–C–C–N with tert-alkyl or cyclic N) is 1. The van der Waals surface area contributed by atoms with Gasteiger partial charge < -0.3 is 10.4 Å². The van der Waals surface area contributed by atoms with Crippen molar-refractivity contribution in [2.75, 3.05) is 38.0 Å². The summed E-state index contributed by atoms with van der Waals surface area (Å²) in [5, 5.41) is 23.7. The number of hydrogen-bond donors (Lipinski definition) is 2. The van der Waals surface area contributed by atoms with Crippen molar-refractivity contribution in [2.24, 2.45) is 0 Å². The van der Waals surface area contributed by atoms with E-state index < -0.39 is 0 Å². The highest BCUT2D eigenvalue weighted by Gasteiger charge is 2.25. The van der Waals surface area contributed by atoms with E-state index in [1.807, 2.05) is 0 Å². The molecule has 2 atom stereocenters. The SMILES string of the molecule is C[C@@H]1CN(CC(=O)Nc2sccc2C#N)CCN1C[C@@H](C)O. The molecule has 22 heavy (non-hydrogen) atoms. The molecule has 120 valence electrons. The molecule has 2 heterocycles. The van der Waals surface area contributed by atoms with Crippen molar-refractivity contribution in [3.63, 3.8) is 0 Å². The van der Waals surface area contributed by atoms with Gasteiger partial charge in [0.25, 0.3) is 0 Å². The topological polar surface area (TPSA) is 79.6 Å². The lowest BCUT2D eigenvalue weighted by Crippen LogP contribution is -2.54. The largest absolute Gasteiger partial charge is 0.392 e. The fourth-order valence-corrected chi connectivity index (χ4v) is 3.44. The molecule has 0 aromatic carbocycles. The molecule has 2 rings (SSSR count). The standard InChI is InChI=1S/C15H22N4O2S/c1-11-8-18(4-5-19(11)9-12(2)20)10-14(21)17-15-13(7-16)3-6-22-15/h3,6,11-12,20H,4-5,8-10H2,1-2H3,(H,17,21)/t11-,12-/m1/s1. The summed E-state index contributed by atoms with van der Waals surface area (Å²) in [5.41, 5.74) is 0.508. The number of carbonyl (C=O) groups excluding carboxylic acids is 1. The number of nitrogens with zero attached hydrogens (tertiary/aromatic N) is 3. The van der Waals surface area contributed by atoms with E-state index in [9.17, 15) is 9.90 Å². The van der Waals surface area contributed by atoms with Gasteiger partial charge in [0.2, 0.25) is 5.91 Å². The zero-order chi connectivity index (χ0) is 16.1. The average molecular weight is 322 g/mol. The minimum Gasteiger partial charge on any atom is -0.392 e. The van der Waals surface area contributed by atoms with Crippen LogP contribution in [-0.2, 0) is 4.79 Å². The number of nitriles is 1. The van der Waals surface area contributed by atoms with E-state index >= 15 is 0 Å². The smallest absolute Gasteiger partial charge is 0.239 e. The third-order valence-electron chi connectivity index (χ3n) is 3.75. The molecule has 0 saturated carbocycles. The van der Waals surface area contributed by atoms with Gasteiger partial charge in [0.15, 0.2) is 0 Å². The molecule has 1 aromatic rings. The fourth-order valence-electron chi connectivity index (χ4n) is 2.69. The van der Waals surface area contributed by atoms with Crippen molar-refractivity contribution in [3.8, 4) is 6.07 Å². The molecule has 0 bridgehead atoms. The van der Waals surface area contributed by atoms with Crippen LogP contribution in [0, 0.1) is 11.3 Å². The number of aliphatic hydroxyl groups is 1. The van der Waals surface area contributed by atoms with Crippen LogP contribution in [0.3, 0.4) is 0 Å². The van der Waals surface area contributed by atoms with Crippen molar-refractivity contribution in [2.45, 2.75) is 26.0 Å². The van der Waals surface area contributed by atoms with E-state index in [4.69, 9.17) is 5.26 Å². The first-order valence-electron chi connectivity index (χ1n) is 7.41. The van der Waals surface area contributed by atoms with E-state index in [0.717, 1.165) is 19.6 Å². The van der Waals surface area contributed by atoms with Gasteiger partial charge in [-0.25, -0.2) is 0 Å². The first-order chi connectivity index (χ1) is 10.5. The molecular formula is C15H22N4O2S. The number of aliphatic hydroxyl groups excluding tert-OH is 1. The molecule has 1 aliphatic heterocycles. The van der Waals surface area contributed by atoms with Gasteiger partial charge >= 0.3 is 0 Å². The number of thiophene rings is 1. The third kappa shape index (κ3) is 4.52. The van der Waals surface area contributed by atoms with E-state index in [0.29, 0.717) is 29.7 Å². The highest BCUT2D eigenvalue weighted by molar-refractivity contribution is 7.14. The highest BCUT2D eigenvalue weighted by atomic mass is 32.1. The second-order valence-corrected chi connectivity index (χ2v) is 6.67. The summed E-state index contributed by atoms with van der Waals surface area (Å²) in [6.45, 7) is 7.36. The summed E-state index contributed by atoms with van der Waals surface area (Å²) in [4.78, 5) is 16.5. The van der Waals surface area contributed by atoms with E-state index in [1.54, 1.807) is 18.4 Å². The molecule has 1 amide bonds.